The Morgan fingerprint density at radius 2 is 1.89 bits per heavy atom. The number of para-hydroxylation sites is 1. The highest BCUT2D eigenvalue weighted by atomic mass is 16.5. The van der Waals surface area contributed by atoms with Gasteiger partial charge in [0, 0.05) is 12.2 Å². The fourth-order valence-corrected chi connectivity index (χ4v) is 1.92. The fourth-order valence-electron chi connectivity index (χ4n) is 1.92. The minimum atomic E-state index is -0.480. The molecule has 0 radical (unpaired) electrons. The van der Waals surface area contributed by atoms with Gasteiger partial charge >= 0.3 is 0 Å². The lowest BCUT2D eigenvalue weighted by atomic mass is 10.1. The van der Waals surface area contributed by atoms with Crippen LogP contribution in [0.5, 0.6) is 5.75 Å². The molecule has 0 fully saturated rings. The summed E-state index contributed by atoms with van der Waals surface area (Å²) in [5.74, 6) is 0.771. The van der Waals surface area contributed by atoms with Crippen LogP contribution >= 0.6 is 0 Å². The number of aliphatic hydroxyl groups is 1. The van der Waals surface area contributed by atoms with Crippen molar-refractivity contribution in [1.82, 2.24) is 0 Å². The molecule has 1 unspecified atom stereocenters. The summed E-state index contributed by atoms with van der Waals surface area (Å²) in [5.41, 5.74) is 1.95. The van der Waals surface area contributed by atoms with Gasteiger partial charge in [-0.05, 0) is 36.2 Å². The van der Waals surface area contributed by atoms with E-state index in [4.69, 9.17) is 4.74 Å². The van der Waals surface area contributed by atoms with Crippen LogP contribution in [-0.2, 0) is 0 Å². The number of hydrogen-bond acceptors (Lipinski definition) is 3. The van der Waals surface area contributed by atoms with Gasteiger partial charge in [-0.25, -0.2) is 0 Å². The molecule has 0 saturated carbocycles. The lowest BCUT2D eigenvalue weighted by Crippen LogP contribution is -2.07. The lowest BCUT2D eigenvalue weighted by Gasteiger charge is -2.13. The highest BCUT2D eigenvalue weighted by Gasteiger charge is 2.07. The molecule has 0 aliphatic rings. The first kappa shape index (κ1) is 13.4. The topological polar surface area (TPSA) is 41.5 Å². The average molecular weight is 257 g/mol. The maximum Gasteiger partial charge on any atom is 0.119 e. The van der Waals surface area contributed by atoms with E-state index in [0.717, 1.165) is 23.5 Å². The third kappa shape index (κ3) is 4.00. The molecule has 2 rings (SSSR count). The molecular weight excluding hydrogens is 238 g/mol. The SMILES string of the molecule is COc1cccc(C(O)CCNc2ccccc2)c1. The highest BCUT2D eigenvalue weighted by Crippen LogP contribution is 2.21. The molecule has 0 aromatic heterocycles. The molecule has 2 N–H and O–H groups in total. The molecule has 1 atom stereocenters. The Labute approximate surface area is 113 Å². The van der Waals surface area contributed by atoms with E-state index < -0.39 is 6.10 Å². The van der Waals surface area contributed by atoms with Crippen LogP contribution in [0.2, 0.25) is 0 Å². The van der Waals surface area contributed by atoms with Crippen molar-refractivity contribution in [2.75, 3.05) is 19.0 Å². The van der Waals surface area contributed by atoms with Crippen molar-refractivity contribution in [3.05, 3.63) is 60.2 Å². The Kier molecular flexibility index (Phi) is 4.81. The summed E-state index contributed by atoms with van der Waals surface area (Å²) in [6.07, 6.45) is 0.175. The Balaban J connectivity index is 1.85. The first-order chi connectivity index (χ1) is 9.29. The molecule has 2 aromatic rings. The Morgan fingerprint density at radius 3 is 2.63 bits per heavy atom. The van der Waals surface area contributed by atoms with E-state index in [-0.39, 0.29) is 0 Å². The van der Waals surface area contributed by atoms with Gasteiger partial charge < -0.3 is 15.2 Å². The van der Waals surface area contributed by atoms with Gasteiger partial charge in [0.1, 0.15) is 5.75 Å². The molecule has 19 heavy (non-hydrogen) atoms. The van der Waals surface area contributed by atoms with E-state index in [1.54, 1.807) is 7.11 Å². The second-order valence-electron chi connectivity index (χ2n) is 4.37. The van der Waals surface area contributed by atoms with Crippen molar-refractivity contribution in [1.29, 1.82) is 0 Å². The van der Waals surface area contributed by atoms with E-state index in [2.05, 4.69) is 5.32 Å². The van der Waals surface area contributed by atoms with Crippen LogP contribution < -0.4 is 10.1 Å². The summed E-state index contributed by atoms with van der Waals surface area (Å²) in [7, 11) is 1.63. The first-order valence-corrected chi connectivity index (χ1v) is 6.40. The molecular formula is C16H19NO2. The number of ether oxygens (including phenoxy) is 1. The summed E-state index contributed by atoms with van der Waals surface area (Å²) in [5, 5.41) is 13.4. The molecule has 0 heterocycles. The second kappa shape index (κ2) is 6.81. The summed E-state index contributed by atoms with van der Waals surface area (Å²) in [6.45, 7) is 0.725. The summed E-state index contributed by atoms with van der Waals surface area (Å²) in [4.78, 5) is 0. The van der Waals surface area contributed by atoms with Crippen molar-refractivity contribution in [2.45, 2.75) is 12.5 Å². The Bertz CT molecular complexity index is 499. The first-order valence-electron chi connectivity index (χ1n) is 6.40. The molecule has 0 saturated heterocycles. The van der Waals surface area contributed by atoms with Gasteiger partial charge in [-0.2, -0.15) is 0 Å². The van der Waals surface area contributed by atoms with E-state index in [1.807, 2.05) is 54.6 Å². The van der Waals surface area contributed by atoms with Gasteiger partial charge in [0.05, 0.1) is 13.2 Å². The van der Waals surface area contributed by atoms with Crippen LogP contribution in [0.3, 0.4) is 0 Å². The van der Waals surface area contributed by atoms with E-state index in [9.17, 15) is 5.11 Å². The summed E-state index contributed by atoms with van der Waals surface area (Å²) in [6, 6.07) is 17.5. The molecule has 0 aliphatic carbocycles. The van der Waals surface area contributed by atoms with Crippen LogP contribution in [0.15, 0.2) is 54.6 Å². The molecule has 2 aromatic carbocycles. The Hall–Kier alpha value is -2.00. The maximum absolute atomic E-state index is 10.1. The van der Waals surface area contributed by atoms with Gasteiger partial charge in [0.25, 0.3) is 0 Å². The van der Waals surface area contributed by atoms with Crippen molar-refractivity contribution < 1.29 is 9.84 Å². The zero-order valence-electron chi connectivity index (χ0n) is 11.0. The quantitative estimate of drug-likeness (QED) is 0.834. The van der Waals surface area contributed by atoms with Crippen molar-refractivity contribution >= 4 is 5.69 Å². The largest absolute Gasteiger partial charge is 0.497 e. The molecule has 0 aliphatic heterocycles. The zero-order valence-corrected chi connectivity index (χ0v) is 11.0. The summed E-state index contributed by atoms with van der Waals surface area (Å²) < 4.78 is 5.15. The minimum Gasteiger partial charge on any atom is -0.497 e. The van der Waals surface area contributed by atoms with E-state index >= 15 is 0 Å². The third-order valence-electron chi connectivity index (χ3n) is 3.00. The number of methoxy groups -OCH3 is 1. The lowest BCUT2D eigenvalue weighted by molar-refractivity contribution is 0.171. The van der Waals surface area contributed by atoms with Gasteiger partial charge in [0.15, 0.2) is 0 Å². The molecule has 0 amide bonds. The normalized spacial score (nSPS) is 11.9. The van der Waals surface area contributed by atoms with E-state index in [0.29, 0.717) is 6.42 Å². The zero-order chi connectivity index (χ0) is 13.5. The number of hydrogen-bond donors (Lipinski definition) is 2. The van der Waals surface area contributed by atoms with Crippen molar-refractivity contribution in [2.24, 2.45) is 0 Å². The Morgan fingerprint density at radius 1 is 1.11 bits per heavy atom. The van der Waals surface area contributed by atoms with Crippen LogP contribution in [0.25, 0.3) is 0 Å². The highest BCUT2D eigenvalue weighted by molar-refractivity contribution is 5.42. The predicted octanol–water partition coefficient (Wildman–Crippen LogP) is 3.23. The molecule has 3 nitrogen and oxygen atoms in total. The van der Waals surface area contributed by atoms with Crippen LogP contribution in [-0.4, -0.2) is 18.8 Å². The van der Waals surface area contributed by atoms with Crippen LogP contribution in [0, 0.1) is 0 Å². The van der Waals surface area contributed by atoms with Crippen molar-refractivity contribution in [3.63, 3.8) is 0 Å². The molecule has 0 bridgehead atoms. The maximum atomic E-state index is 10.1. The number of anilines is 1. The smallest absolute Gasteiger partial charge is 0.119 e. The second-order valence-corrected chi connectivity index (χ2v) is 4.37. The van der Waals surface area contributed by atoms with Gasteiger partial charge in [-0.15, -0.1) is 0 Å². The number of nitrogens with one attached hydrogen (secondary N) is 1. The van der Waals surface area contributed by atoms with Crippen molar-refractivity contribution in [3.8, 4) is 5.75 Å². The van der Waals surface area contributed by atoms with Gasteiger partial charge in [0.2, 0.25) is 0 Å². The monoisotopic (exact) mass is 257 g/mol. The summed E-state index contributed by atoms with van der Waals surface area (Å²) >= 11 is 0. The fraction of sp³-hybridized carbons (Fsp3) is 0.250. The number of rotatable bonds is 6. The average Bonchev–Trinajstić information content (AvgIpc) is 2.48. The third-order valence-corrected chi connectivity index (χ3v) is 3.00. The minimum absolute atomic E-state index is 0.480. The molecule has 100 valence electrons. The standard InChI is InChI=1S/C16H19NO2/c1-19-15-9-5-6-13(12-15)16(18)10-11-17-14-7-3-2-4-8-14/h2-9,12,16-18H,10-11H2,1H3. The molecule has 3 heteroatoms. The van der Waals surface area contributed by atoms with Crippen LogP contribution in [0.1, 0.15) is 18.1 Å². The number of aliphatic hydroxyl groups excluding tert-OH is 1. The van der Waals surface area contributed by atoms with E-state index in [1.165, 1.54) is 0 Å². The molecule has 0 spiro atoms. The van der Waals surface area contributed by atoms with Crippen LogP contribution in [0.4, 0.5) is 5.69 Å². The predicted molar refractivity (Wildman–Crippen MR) is 77.5 cm³/mol. The number of benzene rings is 2. The van der Waals surface area contributed by atoms with Gasteiger partial charge in [-0.3, -0.25) is 0 Å². The van der Waals surface area contributed by atoms with Gasteiger partial charge in [-0.1, -0.05) is 30.3 Å².